The molecule has 3 heteroatoms. The number of aromatic nitrogens is 2. The molecule has 0 aliphatic heterocycles. The van der Waals surface area contributed by atoms with E-state index in [0.717, 1.165) is 24.2 Å². The molecule has 2 atom stereocenters. The summed E-state index contributed by atoms with van der Waals surface area (Å²) in [6, 6.07) is 9.84. The van der Waals surface area contributed by atoms with E-state index in [-0.39, 0.29) is 5.92 Å². The van der Waals surface area contributed by atoms with E-state index in [4.69, 9.17) is 0 Å². The van der Waals surface area contributed by atoms with Crippen LogP contribution in [0.5, 0.6) is 0 Å². The first kappa shape index (κ1) is 12.8. The van der Waals surface area contributed by atoms with Crippen LogP contribution >= 0.6 is 0 Å². The van der Waals surface area contributed by atoms with Crippen molar-refractivity contribution in [3.63, 3.8) is 0 Å². The number of hydrogen-bond acceptors (Lipinski definition) is 2. The number of rotatable bonds is 5. The van der Waals surface area contributed by atoms with Crippen LogP contribution in [0.1, 0.15) is 30.8 Å². The Morgan fingerprint density at radius 1 is 1.28 bits per heavy atom. The molecule has 2 aromatic rings. The van der Waals surface area contributed by atoms with Crippen LogP contribution in [0.15, 0.2) is 42.7 Å². The van der Waals surface area contributed by atoms with Gasteiger partial charge in [-0.15, -0.1) is 0 Å². The minimum Gasteiger partial charge on any atom is -0.388 e. The van der Waals surface area contributed by atoms with E-state index in [1.807, 2.05) is 54.3 Å². The number of benzene rings is 1. The Bertz CT molecular complexity index is 478. The highest BCUT2D eigenvalue weighted by Crippen LogP contribution is 2.24. The van der Waals surface area contributed by atoms with E-state index in [1.165, 1.54) is 0 Å². The largest absolute Gasteiger partial charge is 0.388 e. The second kappa shape index (κ2) is 5.83. The zero-order valence-electron chi connectivity index (χ0n) is 11.0. The van der Waals surface area contributed by atoms with E-state index in [1.54, 1.807) is 0 Å². The lowest BCUT2D eigenvalue weighted by atomic mass is 9.93. The summed E-state index contributed by atoms with van der Waals surface area (Å²) < 4.78 is 2.03. The summed E-state index contributed by atoms with van der Waals surface area (Å²) in [4.78, 5) is 4.30. The molecule has 1 aromatic carbocycles. The van der Waals surface area contributed by atoms with Gasteiger partial charge in [0.1, 0.15) is 5.82 Å². The molecule has 0 saturated heterocycles. The lowest BCUT2D eigenvalue weighted by Gasteiger charge is -2.19. The van der Waals surface area contributed by atoms with Crippen LogP contribution in [0.25, 0.3) is 0 Å². The monoisotopic (exact) mass is 244 g/mol. The lowest BCUT2D eigenvalue weighted by molar-refractivity contribution is 0.112. The summed E-state index contributed by atoms with van der Waals surface area (Å²) in [7, 11) is 2.00. The minimum absolute atomic E-state index is 0.226. The Hall–Kier alpha value is -1.61. The average Bonchev–Trinajstić information content (AvgIpc) is 2.81. The van der Waals surface area contributed by atoms with Crippen LogP contribution in [-0.2, 0) is 13.5 Å². The van der Waals surface area contributed by atoms with Gasteiger partial charge in [0, 0.05) is 25.9 Å². The van der Waals surface area contributed by atoms with Crippen molar-refractivity contribution < 1.29 is 5.11 Å². The summed E-state index contributed by atoms with van der Waals surface area (Å²) in [5.41, 5.74) is 0.991. The number of aryl methyl sites for hydroxylation is 2. The molecule has 2 rings (SSSR count). The smallest absolute Gasteiger partial charge is 0.108 e. The highest BCUT2D eigenvalue weighted by molar-refractivity contribution is 5.17. The lowest BCUT2D eigenvalue weighted by Crippen LogP contribution is -2.11. The summed E-state index contributed by atoms with van der Waals surface area (Å²) in [5.74, 6) is 1.30. The van der Waals surface area contributed by atoms with Gasteiger partial charge in [0.2, 0.25) is 0 Å². The first-order chi connectivity index (χ1) is 8.68. The second-order valence-corrected chi connectivity index (χ2v) is 4.83. The zero-order chi connectivity index (χ0) is 13.0. The fourth-order valence-electron chi connectivity index (χ4n) is 2.13. The second-order valence-electron chi connectivity index (χ2n) is 4.83. The topological polar surface area (TPSA) is 38.0 Å². The van der Waals surface area contributed by atoms with Gasteiger partial charge in [-0.05, 0) is 17.9 Å². The first-order valence-electron chi connectivity index (χ1n) is 6.37. The molecule has 0 bridgehead atoms. The van der Waals surface area contributed by atoms with E-state index >= 15 is 0 Å². The molecule has 0 spiro atoms. The molecule has 96 valence electrons. The Balaban J connectivity index is 1.92. The molecule has 0 saturated carbocycles. The van der Waals surface area contributed by atoms with Crippen molar-refractivity contribution in [1.82, 2.24) is 9.55 Å². The Morgan fingerprint density at radius 3 is 2.61 bits per heavy atom. The van der Waals surface area contributed by atoms with Gasteiger partial charge in [0.25, 0.3) is 0 Å². The summed E-state index contributed by atoms with van der Waals surface area (Å²) in [6.45, 7) is 2.08. The molecule has 3 nitrogen and oxygen atoms in total. The maximum Gasteiger partial charge on any atom is 0.108 e. The fraction of sp³-hybridized carbons (Fsp3) is 0.400. The molecule has 1 N–H and O–H groups in total. The number of imidazole rings is 1. The van der Waals surface area contributed by atoms with Crippen LogP contribution in [0.3, 0.4) is 0 Å². The van der Waals surface area contributed by atoms with Crippen LogP contribution in [-0.4, -0.2) is 14.7 Å². The molecule has 0 fully saturated rings. The number of aliphatic hydroxyl groups is 1. The van der Waals surface area contributed by atoms with E-state index < -0.39 is 6.10 Å². The predicted octanol–water partition coefficient (Wildman–Crippen LogP) is 2.72. The van der Waals surface area contributed by atoms with Gasteiger partial charge in [-0.2, -0.15) is 0 Å². The van der Waals surface area contributed by atoms with E-state index in [9.17, 15) is 5.11 Å². The zero-order valence-corrected chi connectivity index (χ0v) is 11.0. The Morgan fingerprint density at radius 2 is 2.00 bits per heavy atom. The minimum atomic E-state index is -0.397. The van der Waals surface area contributed by atoms with Crippen molar-refractivity contribution >= 4 is 0 Å². The average molecular weight is 244 g/mol. The molecule has 0 amide bonds. The standard InChI is InChI=1S/C15H20N2O/c1-12(8-9-14-16-10-11-17(14)2)15(18)13-6-4-3-5-7-13/h3-7,10-12,15,18H,8-9H2,1-2H3. The summed E-state index contributed by atoms with van der Waals surface area (Å²) in [5, 5.41) is 10.3. The molecule has 0 radical (unpaired) electrons. The van der Waals surface area contributed by atoms with Crippen LogP contribution in [0.2, 0.25) is 0 Å². The van der Waals surface area contributed by atoms with Gasteiger partial charge >= 0.3 is 0 Å². The normalized spacial score (nSPS) is 14.4. The molecule has 2 unspecified atom stereocenters. The first-order valence-corrected chi connectivity index (χ1v) is 6.37. The summed E-state index contributed by atoms with van der Waals surface area (Å²) >= 11 is 0. The molecule has 1 aromatic heterocycles. The highest BCUT2D eigenvalue weighted by Gasteiger charge is 2.16. The third kappa shape index (κ3) is 2.99. The maximum atomic E-state index is 10.3. The van der Waals surface area contributed by atoms with Gasteiger partial charge in [-0.1, -0.05) is 37.3 Å². The van der Waals surface area contributed by atoms with E-state index in [0.29, 0.717) is 0 Å². The molecule has 0 aliphatic rings. The van der Waals surface area contributed by atoms with Crippen molar-refractivity contribution in [3.05, 3.63) is 54.1 Å². The van der Waals surface area contributed by atoms with Crippen molar-refractivity contribution in [2.45, 2.75) is 25.9 Å². The SMILES string of the molecule is CC(CCc1nccn1C)C(O)c1ccccc1. The third-order valence-electron chi connectivity index (χ3n) is 3.42. The fourth-order valence-corrected chi connectivity index (χ4v) is 2.13. The van der Waals surface area contributed by atoms with Crippen LogP contribution in [0.4, 0.5) is 0 Å². The molecule has 1 heterocycles. The quantitative estimate of drug-likeness (QED) is 0.878. The van der Waals surface area contributed by atoms with Gasteiger partial charge in [0.15, 0.2) is 0 Å². The van der Waals surface area contributed by atoms with Crippen molar-refractivity contribution in [2.75, 3.05) is 0 Å². The molecule has 18 heavy (non-hydrogen) atoms. The van der Waals surface area contributed by atoms with Crippen molar-refractivity contribution in [3.8, 4) is 0 Å². The van der Waals surface area contributed by atoms with Crippen LogP contribution < -0.4 is 0 Å². The molecular formula is C15H20N2O. The molecular weight excluding hydrogens is 224 g/mol. The van der Waals surface area contributed by atoms with Gasteiger partial charge in [-0.25, -0.2) is 4.98 Å². The highest BCUT2D eigenvalue weighted by atomic mass is 16.3. The van der Waals surface area contributed by atoms with E-state index in [2.05, 4.69) is 11.9 Å². The van der Waals surface area contributed by atoms with Crippen molar-refractivity contribution in [2.24, 2.45) is 13.0 Å². The Kier molecular flexibility index (Phi) is 4.15. The van der Waals surface area contributed by atoms with Gasteiger partial charge in [-0.3, -0.25) is 0 Å². The predicted molar refractivity (Wildman–Crippen MR) is 72.1 cm³/mol. The third-order valence-corrected chi connectivity index (χ3v) is 3.42. The molecule has 0 aliphatic carbocycles. The summed E-state index contributed by atoms with van der Waals surface area (Å²) in [6.07, 6.45) is 5.20. The maximum absolute atomic E-state index is 10.3. The van der Waals surface area contributed by atoms with Crippen LogP contribution in [0, 0.1) is 5.92 Å². The van der Waals surface area contributed by atoms with Crippen molar-refractivity contribution in [1.29, 1.82) is 0 Å². The number of aliphatic hydroxyl groups excluding tert-OH is 1. The number of nitrogens with zero attached hydrogens (tertiary/aromatic N) is 2. The number of hydrogen-bond donors (Lipinski definition) is 1. The van der Waals surface area contributed by atoms with Gasteiger partial charge in [0.05, 0.1) is 6.10 Å². The Labute approximate surface area is 108 Å². The van der Waals surface area contributed by atoms with Gasteiger partial charge < -0.3 is 9.67 Å².